The molecule has 0 atom stereocenters. The van der Waals surface area contributed by atoms with Gasteiger partial charge >= 0.3 is 0 Å². The van der Waals surface area contributed by atoms with E-state index >= 15 is 0 Å². The lowest BCUT2D eigenvalue weighted by Gasteiger charge is -2.16. The third-order valence-electron chi connectivity index (χ3n) is 2.93. The quantitative estimate of drug-likeness (QED) is 0.868. The van der Waals surface area contributed by atoms with Gasteiger partial charge in [-0.25, -0.2) is 4.98 Å². The standard InChI is InChI=1S/C15H19N3OS/c1-11-14(20-13(16-11)10-17(2)3)15(19)18(4)12-8-6-5-7-9-12/h5-9H,10H2,1-4H3. The van der Waals surface area contributed by atoms with Gasteiger partial charge in [-0.15, -0.1) is 11.3 Å². The summed E-state index contributed by atoms with van der Waals surface area (Å²) < 4.78 is 0. The first-order valence-electron chi connectivity index (χ1n) is 6.43. The van der Waals surface area contributed by atoms with E-state index in [2.05, 4.69) is 4.98 Å². The zero-order valence-corrected chi connectivity index (χ0v) is 13.1. The van der Waals surface area contributed by atoms with Gasteiger partial charge in [0.15, 0.2) is 0 Å². The number of rotatable bonds is 4. The number of para-hydroxylation sites is 1. The summed E-state index contributed by atoms with van der Waals surface area (Å²) in [5, 5.41) is 0.970. The minimum atomic E-state index is -0.00351. The van der Waals surface area contributed by atoms with Gasteiger partial charge in [-0.2, -0.15) is 0 Å². The van der Waals surface area contributed by atoms with Gasteiger partial charge < -0.3 is 9.80 Å². The molecule has 0 radical (unpaired) electrons. The molecule has 1 heterocycles. The Labute approximate surface area is 123 Å². The van der Waals surface area contributed by atoms with E-state index < -0.39 is 0 Å². The molecule has 2 aromatic rings. The molecule has 0 spiro atoms. The van der Waals surface area contributed by atoms with Crippen molar-refractivity contribution in [1.29, 1.82) is 0 Å². The fourth-order valence-electron chi connectivity index (χ4n) is 1.91. The maximum atomic E-state index is 12.5. The molecule has 20 heavy (non-hydrogen) atoms. The molecular weight excluding hydrogens is 270 g/mol. The SMILES string of the molecule is Cc1nc(CN(C)C)sc1C(=O)N(C)c1ccccc1. The van der Waals surface area contributed by atoms with Crippen LogP contribution < -0.4 is 4.90 Å². The Morgan fingerprint density at radius 2 is 1.85 bits per heavy atom. The molecule has 0 aliphatic rings. The van der Waals surface area contributed by atoms with Crippen LogP contribution in [0.25, 0.3) is 0 Å². The predicted molar refractivity (Wildman–Crippen MR) is 83.4 cm³/mol. The lowest BCUT2D eigenvalue weighted by Crippen LogP contribution is -2.25. The summed E-state index contributed by atoms with van der Waals surface area (Å²) in [4.78, 5) is 21.5. The van der Waals surface area contributed by atoms with Crippen molar-refractivity contribution in [1.82, 2.24) is 9.88 Å². The van der Waals surface area contributed by atoms with E-state index in [1.165, 1.54) is 11.3 Å². The molecule has 1 aromatic heterocycles. The van der Waals surface area contributed by atoms with Gasteiger partial charge in [0.25, 0.3) is 5.91 Å². The van der Waals surface area contributed by atoms with Gasteiger partial charge in [-0.1, -0.05) is 18.2 Å². The topological polar surface area (TPSA) is 36.4 Å². The Morgan fingerprint density at radius 3 is 2.45 bits per heavy atom. The van der Waals surface area contributed by atoms with Gasteiger partial charge in [0.1, 0.15) is 9.88 Å². The number of amides is 1. The summed E-state index contributed by atoms with van der Waals surface area (Å²) in [6, 6.07) is 9.64. The number of hydrogen-bond donors (Lipinski definition) is 0. The van der Waals surface area contributed by atoms with Gasteiger partial charge in [0.2, 0.25) is 0 Å². The first-order valence-corrected chi connectivity index (χ1v) is 7.25. The van der Waals surface area contributed by atoms with Crippen LogP contribution in [0.3, 0.4) is 0 Å². The number of benzene rings is 1. The van der Waals surface area contributed by atoms with E-state index in [1.807, 2.05) is 56.3 Å². The number of aryl methyl sites for hydroxylation is 1. The number of carbonyl (C=O) groups is 1. The highest BCUT2D eigenvalue weighted by Gasteiger charge is 2.20. The summed E-state index contributed by atoms with van der Waals surface area (Å²) in [6.45, 7) is 2.65. The largest absolute Gasteiger partial charge is 0.311 e. The second-order valence-corrected chi connectivity index (χ2v) is 6.04. The number of carbonyl (C=O) groups excluding carboxylic acids is 1. The van der Waals surface area contributed by atoms with Crippen molar-refractivity contribution in [3.8, 4) is 0 Å². The number of nitrogens with zero attached hydrogens (tertiary/aromatic N) is 3. The van der Waals surface area contributed by atoms with Crippen LogP contribution in [0.1, 0.15) is 20.4 Å². The first-order chi connectivity index (χ1) is 9.49. The molecule has 5 heteroatoms. The molecule has 0 aliphatic heterocycles. The maximum absolute atomic E-state index is 12.5. The van der Waals surface area contributed by atoms with Crippen molar-refractivity contribution in [2.75, 3.05) is 26.0 Å². The van der Waals surface area contributed by atoms with Crippen molar-refractivity contribution >= 4 is 22.9 Å². The Balaban J connectivity index is 2.23. The number of anilines is 1. The molecular formula is C15H19N3OS. The Hall–Kier alpha value is -1.72. The second kappa shape index (κ2) is 6.15. The number of aromatic nitrogens is 1. The molecule has 106 valence electrons. The number of hydrogen-bond acceptors (Lipinski definition) is 4. The lowest BCUT2D eigenvalue weighted by atomic mass is 10.3. The van der Waals surface area contributed by atoms with E-state index in [0.717, 1.165) is 22.9 Å². The highest BCUT2D eigenvalue weighted by atomic mass is 32.1. The molecule has 0 saturated heterocycles. The predicted octanol–water partition coefficient (Wildman–Crippen LogP) is 2.79. The highest BCUT2D eigenvalue weighted by Crippen LogP contribution is 2.23. The molecule has 1 amide bonds. The summed E-state index contributed by atoms with van der Waals surface area (Å²) in [5.74, 6) is -0.00351. The van der Waals surface area contributed by atoms with E-state index in [0.29, 0.717) is 4.88 Å². The lowest BCUT2D eigenvalue weighted by molar-refractivity contribution is 0.0996. The third-order valence-corrected chi connectivity index (χ3v) is 4.06. The van der Waals surface area contributed by atoms with Crippen molar-refractivity contribution < 1.29 is 4.79 Å². The third kappa shape index (κ3) is 3.23. The van der Waals surface area contributed by atoms with Gasteiger partial charge in [-0.3, -0.25) is 4.79 Å². The number of thiazole rings is 1. The van der Waals surface area contributed by atoms with Crippen molar-refractivity contribution in [2.24, 2.45) is 0 Å². The van der Waals surface area contributed by atoms with Gasteiger partial charge in [0.05, 0.1) is 5.69 Å². The van der Waals surface area contributed by atoms with Crippen LogP contribution in [0.4, 0.5) is 5.69 Å². The van der Waals surface area contributed by atoms with Crippen LogP contribution in [0.15, 0.2) is 30.3 Å². The molecule has 2 rings (SSSR count). The molecule has 0 unspecified atom stereocenters. The molecule has 0 aliphatic carbocycles. The van der Waals surface area contributed by atoms with Crippen LogP contribution in [-0.4, -0.2) is 36.9 Å². The zero-order chi connectivity index (χ0) is 14.7. The Morgan fingerprint density at radius 1 is 1.20 bits per heavy atom. The average molecular weight is 289 g/mol. The summed E-state index contributed by atoms with van der Waals surface area (Å²) in [6.07, 6.45) is 0. The Kier molecular flexibility index (Phi) is 4.52. The molecule has 0 N–H and O–H groups in total. The van der Waals surface area contributed by atoms with E-state index in [1.54, 1.807) is 11.9 Å². The first kappa shape index (κ1) is 14.7. The molecule has 4 nitrogen and oxygen atoms in total. The van der Waals surface area contributed by atoms with Gasteiger partial charge in [0, 0.05) is 19.3 Å². The van der Waals surface area contributed by atoms with E-state index in [-0.39, 0.29) is 5.91 Å². The van der Waals surface area contributed by atoms with Crippen LogP contribution >= 0.6 is 11.3 Å². The minimum Gasteiger partial charge on any atom is -0.311 e. The monoisotopic (exact) mass is 289 g/mol. The highest BCUT2D eigenvalue weighted by molar-refractivity contribution is 7.13. The van der Waals surface area contributed by atoms with Crippen molar-refractivity contribution in [2.45, 2.75) is 13.5 Å². The normalized spacial score (nSPS) is 10.8. The smallest absolute Gasteiger partial charge is 0.270 e. The fraction of sp³-hybridized carbons (Fsp3) is 0.333. The molecule has 1 aromatic carbocycles. The molecule has 0 fully saturated rings. The molecule has 0 bridgehead atoms. The van der Waals surface area contributed by atoms with Crippen LogP contribution in [0.2, 0.25) is 0 Å². The second-order valence-electron chi connectivity index (χ2n) is 4.96. The Bertz CT molecular complexity index is 592. The summed E-state index contributed by atoms with van der Waals surface area (Å²) in [5.41, 5.74) is 1.69. The van der Waals surface area contributed by atoms with Crippen LogP contribution in [-0.2, 0) is 6.54 Å². The zero-order valence-electron chi connectivity index (χ0n) is 12.3. The van der Waals surface area contributed by atoms with Crippen LogP contribution in [0.5, 0.6) is 0 Å². The van der Waals surface area contributed by atoms with Gasteiger partial charge in [-0.05, 0) is 33.2 Å². The summed E-state index contributed by atoms with van der Waals surface area (Å²) in [7, 11) is 5.78. The fourth-order valence-corrected chi connectivity index (χ4v) is 3.07. The average Bonchev–Trinajstić information content (AvgIpc) is 2.78. The minimum absolute atomic E-state index is 0.00351. The van der Waals surface area contributed by atoms with Crippen LogP contribution in [0, 0.1) is 6.92 Å². The van der Waals surface area contributed by atoms with E-state index in [9.17, 15) is 4.79 Å². The van der Waals surface area contributed by atoms with Crippen molar-refractivity contribution in [3.63, 3.8) is 0 Å². The summed E-state index contributed by atoms with van der Waals surface area (Å²) >= 11 is 1.47. The molecule has 0 saturated carbocycles. The van der Waals surface area contributed by atoms with E-state index in [4.69, 9.17) is 0 Å². The van der Waals surface area contributed by atoms with Crippen molar-refractivity contribution in [3.05, 3.63) is 45.9 Å². The maximum Gasteiger partial charge on any atom is 0.270 e.